The van der Waals surface area contributed by atoms with Crippen LogP contribution in [0.15, 0.2) is 36.5 Å². The highest BCUT2D eigenvalue weighted by Crippen LogP contribution is 2.27. The molecular formula is C18H23N3O5. The summed E-state index contributed by atoms with van der Waals surface area (Å²) in [5.74, 6) is 0. The number of aliphatic hydroxyl groups is 2. The Morgan fingerprint density at radius 1 is 1.08 bits per heavy atom. The molecule has 3 aliphatic heterocycles. The van der Waals surface area contributed by atoms with Crippen molar-refractivity contribution in [3.8, 4) is 0 Å². The average Bonchev–Trinajstić information content (AvgIpc) is 3.13. The summed E-state index contributed by atoms with van der Waals surface area (Å²) in [7, 11) is 0. The second kappa shape index (κ2) is 7.81. The maximum absolute atomic E-state index is 10.4. The zero-order chi connectivity index (χ0) is 17.9. The van der Waals surface area contributed by atoms with Crippen LogP contribution < -0.4 is 0 Å². The van der Waals surface area contributed by atoms with E-state index in [9.17, 15) is 10.2 Å². The van der Waals surface area contributed by atoms with Crippen molar-refractivity contribution >= 4 is 0 Å². The molecule has 2 N–H and O–H groups in total. The topological polar surface area (TPSA) is 98.9 Å². The SMILES string of the molecule is OC1C2OCCCOC(C(Cn3cc(Cc4ccccc4)nn3)O2)C1O. The highest BCUT2D eigenvalue weighted by molar-refractivity contribution is 5.19. The van der Waals surface area contributed by atoms with Crippen LogP contribution in [0.1, 0.15) is 17.7 Å². The Balaban J connectivity index is 1.46. The van der Waals surface area contributed by atoms with E-state index in [4.69, 9.17) is 14.2 Å². The summed E-state index contributed by atoms with van der Waals surface area (Å²) in [5, 5.41) is 28.9. The summed E-state index contributed by atoms with van der Waals surface area (Å²) in [4.78, 5) is 0. The van der Waals surface area contributed by atoms with Gasteiger partial charge in [0.05, 0.1) is 18.8 Å². The van der Waals surface area contributed by atoms with Gasteiger partial charge in [0, 0.05) is 19.2 Å². The Hall–Kier alpha value is -1.84. The molecule has 0 radical (unpaired) electrons. The molecule has 4 heterocycles. The zero-order valence-electron chi connectivity index (χ0n) is 14.3. The Bertz CT molecular complexity index is 708. The molecule has 2 aromatic rings. The largest absolute Gasteiger partial charge is 0.387 e. The van der Waals surface area contributed by atoms with Crippen molar-refractivity contribution in [2.75, 3.05) is 13.2 Å². The van der Waals surface area contributed by atoms with Gasteiger partial charge in [0.1, 0.15) is 24.4 Å². The molecule has 140 valence electrons. The number of rotatable bonds is 4. The van der Waals surface area contributed by atoms with E-state index in [0.29, 0.717) is 32.6 Å². The Labute approximate surface area is 151 Å². The molecule has 26 heavy (non-hydrogen) atoms. The van der Waals surface area contributed by atoms with Crippen molar-refractivity contribution in [1.82, 2.24) is 15.0 Å². The lowest BCUT2D eigenvalue weighted by Crippen LogP contribution is -2.59. The van der Waals surface area contributed by atoms with E-state index >= 15 is 0 Å². The summed E-state index contributed by atoms with van der Waals surface area (Å²) >= 11 is 0. The van der Waals surface area contributed by atoms with Crippen LogP contribution in [0.25, 0.3) is 0 Å². The van der Waals surface area contributed by atoms with E-state index in [-0.39, 0.29) is 0 Å². The third-order valence-electron chi connectivity index (χ3n) is 4.70. The van der Waals surface area contributed by atoms with E-state index in [1.165, 1.54) is 0 Å². The Morgan fingerprint density at radius 3 is 2.73 bits per heavy atom. The van der Waals surface area contributed by atoms with Crippen LogP contribution in [0, 0.1) is 0 Å². The molecular weight excluding hydrogens is 338 g/mol. The first-order chi connectivity index (χ1) is 12.7. The minimum Gasteiger partial charge on any atom is -0.387 e. The highest BCUT2D eigenvalue weighted by atomic mass is 16.7. The molecule has 0 spiro atoms. The Morgan fingerprint density at radius 2 is 1.88 bits per heavy atom. The number of benzene rings is 1. The maximum atomic E-state index is 10.4. The van der Waals surface area contributed by atoms with Crippen molar-refractivity contribution in [3.63, 3.8) is 0 Å². The fourth-order valence-electron chi connectivity index (χ4n) is 3.37. The third-order valence-corrected chi connectivity index (χ3v) is 4.70. The molecule has 3 saturated heterocycles. The van der Waals surface area contributed by atoms with Gasteiger partial charge in [0.25, 0.3) is 0 Å². The maximum Gasteiger partial charge on any atom is 0.186 e. The standard InChI is InChI=1S/C18H23N3O5/c22-15-16(23)18-25-8-4-7-24-17(15)14(26-18)11-21-10-13(19-20-21)9-12-5-2-1-3-6-12/h1-3,5-6,10,14-18,22-23H,4,7-9,11H2. The van der Waals surface area contributed by atoms with Crippen LogP contribution in [0.5, 0.6) is 0 Å². The lowest BCUT2D eigenvalue weighted by atomic mass is 9.98. The normalized spacial score (nSPS) is 32.0. The smallest absolute Gasteiger partial charge is 0.186 e. The summed E-state index contributed by atoms with van der Waals surface area (Å²) in [5.41, 5.74) is 2.01. The molecule has 5 atom stereocenters. The molecule has 5 unspecified atom stereocenters. The van der Waals surface area contributed by atoms with Gasteiger partial charge in [0.15, 0.2) is 6.29 Å². The minimum absolute atomic E-state index is 0.357. The molecule has 2 bridgehead atoms. The minimum atomic E-state index is -1.13. The lowest BCUT2D eigenvalue weighted by Gasteiger charge is -2.41. The molecule has 3 fully saturated rings. The molecule has 1 aromatic carbocycles. The van der Waals surface area contributed by atoms with Crippen LogP contribution in [-0.2, 0) is 27.2 Å². The van der Waals surface area contributed by atoms with E-state index in [1.807, 2.05) is 36.5 Å². The fraction of sp³-hybridized carbons (Fsp3) is 0.556. The number of fused-ring (bicyclic) bond motifs is 6. The van der Waals surface area contributed by atoms with Gasteiger partial charge < -0.3 is 24.4 Å². The number of hydrogen-bond donors (Lipinski definition) is 2. The van der Waals surface area contributed by atoms with E-state index in [1.54, 1.807) is 4.68 Å². The quantitative estimate of drug-likeness (QED) is 0.798. The second-order valence-electron chi connectivity index (χ2n) is 6.68. The van der Waals surface area contributed by atoms with Crippen LogP contribution in [0.4, 0.5) is 0 Å². The van der Waals surface area contributed by atoms with E-state index in [2.05, 4.69) is 10.3 Å². The van der Waals surface area contributed by atoms with Crippen molar-refractivity contribution in [2.24, 2.45) is 0 Å². The van der Waals surface area contributed by atoms with Gasteiger partial charge in [-0.25, -0.2) is 4.68 Å². The van der Waals surface area contributed by atoms with Crippen molar-refractivity contribution in [3.05, 3.63) is 47.8 Å². The zero-order valence-corrected chi connectivity index (χ0v) is 14.3. The summed E-state index contributed by atoms with van der Waals surface area (Å²) in [6.45, 7) is 1.21. The van der Waals surface area contributed by atoms with E-state index in [0.717, 1.165) is 11.3 Å². The van der Waals surface area contributed by atoms with Crippen molar-refractivity contribution < 1.29 is 24.4 Å². The molecule has 0 saturated carbocycles. The summed E-state index contributed by atoms with van der Waals surface area (Å²) in [6.07, 6.45) is -0.928. The predicted molar refractivity (Wildman–Crippen MR) is 90.3 cm³/mol. The van der Waals surface area contributed by atoms with Crippen LogP contribution in [-0.4, -0.2) is 69.1 Å². The molecule has 5 rings (SSSR count). The highest BCUT2D eigenvalue weighted by Gasteiger charge is 2.46. The van der Waals surface area contributed by atoms with Gasteiger partial charge >= 0.3 is 0 Å². The van der Waals surface area contributed by atoms with Gasteiger partial charge in [-0.05, 0) is 12.0 Å². The summed E-state index contributed by atoms with van der Waals surface area (Å²) in [6, 6.07) is 10.0. The lowest BCUT2D eigenvalue weighted by molar-refractivity contribution is -0.296. The van der Waals surface area contributed by atoms with Crippen molar-refractivity contribution in [2.45, 2.75) is 50.1 Å². The molecule has 3 aliphatic rings. The van der Waals surface area contributed by atoms with Crippen LogP contribution >= 0.6 is 0 Å². The number of nitrogens with zero attached hydrogens (tertiary/aromatic N) is 3. The fourth-order valence-corrected chi connectivity index (χ4v) is 3.37. The first-order valence-electron chi connectivity index (χ1n) is 8.88. The van der Waals surface area contributed by atoms with E-state index < -0.39 is 30.7 Å². The molecule has 1 aromatic heterocycles. The van der Waals surface area contributed by atoms with Gasteiger partial charge in [-0.3, -0.25) is 0 Å². The predicted octanol–water partition coefficient (Wildman–Crippen LogP) is 0.121. The molecule has 0 aliphatic carbocycles. The molecule has 0 amide bonds. The van der Waals surface area contributed by atoms with Crippen LogP contribution in [0.3, 0.4) is 0 Å². The first kappa shape index (κ1) is 17.6. The van der Waals surface area contributed by atoms with Crippen LogP contribution in [0.2, 0.25) is 0 Å². The van der Waals surface area contributed by atoms with Gasteiger partial charge in [-0.2, -0.15) is 0 Å². The molecule has 8 heteroatoms. The number of hydrogen-bond acceptors (Lipinski definition) is 7. The van der Waals surface area contributed by atoms with Gasteiger partial charge in [-0.15, -0.1) is 5.10 Å². The number of ether oxygens (including phenoxy) is 3. The third kappa shape index (κ3) is 3.79. The average molecular weight is 361 g/mol. The summed E-state index contributed by atoms with van der Waals surface area (Å²) < 4.78 is 18.8. The van der Waals surface area contributed by atoms with Gasteiger partial charge in [-0.1, -0.05) is 35.5 Å². The second-order valence-corrected chi connectivity index (χ2v) is 6.68. The van der Waals surface area contributed by atoms with Gasteiger partial charge in [0.2, 0.25) is 0 Å². The monoisotopic (exact) mass is 361 g/mol. The Kier molecular flexibility index (Phi) is 5.28. The van der Waals surface area contributed by atoms with Crippen molar-refractivity contribution in [1.29, 1.82) is 0 Å². The number of aromatic nitrogens is 3. The molecule has 8 nitrogen and oxygen atoms in total. The number of aliphatic hydroxyl groups excluding tert-OH is 2. The first-order valence-corrected chi connectivity index (χ1v) is 8.88.